The molecule has 0 amide bonds. The molecule has 22 heavy (non-hydrogen) atoms. The van der Waals surface area contributed by atoms with Gasteiger partial charge >= 0.3 is 0 Å². The average Bonchev–Trinajstić information content (AvgIpc) is 2.54. The van der Waals surface area contributed by atoms with Crippen LogP contribution in [-0.2, 0) is 6.42 Å². The summed E-state index contributed by atoms with van der Waals surface area (Å²) >= 11 is 12.5. The van der Waals surface area contributed by atoms with E-state index in [1.165, 1.54) is 0 Å². The van der Waals surface area contributed by atoms with Crippen LogP contribution in [0.5, 0.6) is 0 Å². The van der Waals surface area contributed by atoms with E-state index in [0.29, 0.717) is 16.5 Å². The second-order valence-electron chi connectivity index (χ2n) is 5.15. The summed E-state index contributed by atoms with van der Waals surface area (Å²) in [5.74, 6) is -0.288. The van der Waals surface area contributed by atoms with Gasteiger partial charge in [0.1, 0.15) is 0 Å². The maximum Gasteiger partial charge on any atom is 0.0760 e. The zero-order valence-corrected chi connectivity index (χ0v) is 13.3. The van der Waals surface area contributed by atoms with Crippen LogP contribution in [-0.4, -0.2) is 0 Å². The lowest BCUT2D eigenvalue weighted by Gasteiger charge is -2.14. The molecule has 1 atom stereocenters. The van der Waals surface area contributed by atoms with Crippen LogP contribution in [0.15, 0.2) is 60.7 Å². The Bertz CT molecular complexity index is 839. The molecule has 0 saturated heterocycles. The second-order valence-corrected chi connectivity index (χ2v) is 5.97. The van der Waals surface area contributed by atoms with Crippen LogP contribution < -0.4 is 0 Å². The molecule has 0 saturated carbocycles. The fourth-order valence-electron chi connectivity index (χ4n) is 2.71. The van der Waals surface area contributed by atoms with Crippen molar-refractivity contribution >= 4 is 34.0 Å². The highest BCUT2D eigenvalue weighted by Crippen LogP contribution is 2.32. The Morgan fingerprint density at radius 3 is 2.23 bits per heavy atom. The summed E-state index contributed by atoms with van der Waals surface area (Å²) in [4.78, 5) is 0. The Hall–Kier alpha value is -2.01. The van der Waals surface area contributed by atoms with Crippen molar-refractivity contribution in [1.29, 1.82) is 5.26 Å². The molecule has 3 heteroatoms. The Balaban J connectivity index is 2.06. The van der Waals surface area contributed by atoms with Crippen molar-refractivity contribution < 1.29 is 0 Å². The highest BCUT2D eigenvalue weighted by atomic mass is 35.5. The highest BCUT2D eigenvalue weighted by Gasteiger charge is 2.17. The van der Waals surface area contributed by atoms with Crippen molar-refractivity contribution in [2.45, 2.75) is 12.3 Å². The quantitative estimate of drug-likeness (QED) is 0.579. The topological polar surface area (TPSA) is 23.8 Å². The lowest BCUT2D eigenvalue weighted by atomic mass is 9.89. The maximum absolute atomic E-state index is 9.65. The summed E-state index contributed by atoms with van der Waals surface area (Å²) < 4.78 is 0. The molecule has 3 rings (SSSR count). The molecule has 0 spiro atoms. The van der Waals surface area contributed by atoms with Gasteiger partial charge in [-0.15, -0.1) is 0 Å². The normalized spacial score (nSPS) is 12.0. The average molecular weight is 326 g/mol. The highest BCUT2D eigenvalue weighted by molar-refractivity contribution is 6.36. The predicted molar refractivity (Wildman–Crippen MR) is 92.5 cm³/mol. The summed E-state index contributed by atoms with van der Waals surface area (Å²) in [5.41, 5.74) is 1.84. The standard InChI is InChI=1S/C19H13Cl2N/c20-18-9-4-10-19(21)17(18)11-14(12-22)16-8-3-6-13-5-1-2-7-15(13)16/h1-10,14H,11H2. The van der Waals surface area contributed by atoms with Gasteiger partial charge in [0.2, 0.25) is 0 Å². The molecule has 0 aliphatic carbocycles. The van der Waals surface area contributed by atoms with E-state index in [1.54, 1.807) is 12.1 Å². The number of benzene rings is 3. The SMILES string of the molecule is N#CC(Cc1c(Cl)cccc1Cl)c1cccc2ccccc12. The molecule has 0 radical (unpaired) electrons. The number of hydrogen-bond acceptors (Lipinski definition) is 1. The lowest BCUT2D eigenvalue weighted by molar-refractivity contribution is 0.857. The molecule has 3 aromatic rings. The third-order valence-electron chi connectivity index (χ3n) is 3.82. The van der Waals surface area contributed by atoms with Crippen molar-refractivity contribution in [3.8, 4) is 6.07 Å². The predicted octanol–water partition coefficient (Wildman–Crippen LogP) is 6.00. The number of hydrogen-bond donors (Lipinski definition) is 0. The molecule has 108 valence electrons. The Morgan fingerprint density at radius 1 is 0.864 bits per heavy atom. The third-order valence-corrected chi connectivity index (χ3v) is 4.53. The van der Waals surface area contributed by atoms with Gasteiger partial charge in [0.15, 0.2) is 0 Å². The van der Waals surface area contributed by atoms with Crippen molar-refractivity contribution in [1.82, 2.24) is 0 Å². The van der Waals surface area contributed by atoms with Crippen LogP contribution in [0.4, 0.5) is 0 Å². The smallest absolute Gasteiger partial charge is 0.0760 e. The largest absolute Gasteiger partial charge is 0.198 e. The van der Waals surface area contributed by atoms with Gasteiger partial charge in [-0.25, -0.2) is 0 Å². The molecular formula is C19H13Cl2N. The first-order valence-corrected chi connectivity index (χ1v) is 7.76. The fraction of sp³-hybridized carbons (Fsp3) is 0.105. The van der Waals surface area contributed by atoms with E-state index < -0.39 is 0 Å². The number of nitriles is 1. The molecule has 0 N–H and O–H groups in total. The maximum atomic E-state index is 9.65. The minimum Gasteiger partial charge on any atom is -0.198 e. The van der Waals surface area contributed by atoms with Crippen molar-refractivity contribution in [2.24, 2.45) is 0 Å². The molecule has 0 bridgehead atoms. The third kappa shape index (κ3) is 2.81. The van der Waals surface area contributed by atoms with Crippen LogP contribution in [0.1, 0.15) is 17.0 Å². The Morgan fingerprint density at radius 2 is 1.50 bits per heavy atom. The van der Waals surface area contributed by atoms with E-state index in [0.717, 1.165) is 21.9 Å². The molecule has 0 aromatic heterocycles. The Labute approximate surface area is 139 Å². The first kappa shape index (κ1) is 14.9. The zero-order valence-electron chi connectivity index (χ0n) is 11.8. The van der Waals surface area contributed by atoms with Crippen LogP contribution in [0, 0.1) is 11.3 Å². The van der Waals surface area contributed by atoms with Crippen LogP contribution in [0.3, 0.4) is 0 Å². The fourth-order valence-corrected chi connectivity index (χ4v) is 3.26. The van der Waals surface area contributed by atoms with Crippen LogP contribution in [0.2, 0.25) is 10.0 Å². The summed E-state index contributed by atoms with van der Waals surface area (Å²) in [7, 11) is 0. The van der Waals surface area contributed by atoms with Crippen LogP contribution in [0.25, 0.3) is 10.8 Å². The van der Waals surface area contributed by atoms with Gasteiger partial charge in [-0.05, 0) is 40.5 Å². The first-order chi connectivity index (χ1) is 10.7. The monoisotopic (exact) mass is 325 g/mol. The number of fused-ring (bicyclic) bond motifs is 1. The molecule has 3 aromatic carbocycles. The van der Waals surface area contributed by atoms with Gasteiger partial charge in [-0.2, -0.15) is 5.26 Å². The van der Waals surface area contributed by atoms with Gasteiger partial charge in [0, 0.05) is 10.0 Å². The lowest BCUT2D eigenvalue weighted by Crippen LogP contribution is -2.02. The van der Waals surface area contributed by atoms with E-state index in [-0.39, 0.29) is 5.92 Å². The summed E-state index contributed by atoms with van der Waals surface area (Å²) in [6.07, 6.45) is 0.503. The molecule has 0 heterocycles. The van der Waals surface area contributed by atoms with E-state index >= 15 is 0 Å². The zero-order chi connectivity index (χ0) is 15.5. The minimum atomic E-state index is -0.288. The number of rotatable bonds is 3. The van der Waals surface area contributed by atoms with E-state index in [2.05, 4.69) is 18.2 Å². The number of nitrogens with zero attached hydrogens (tertiary/aromatic N) is 1. The molecule has 1 nitrogen and oxygen atoms in total. The molecule has 0 aliphatic heterocycles. The molecule has 0 aliphatic rings. The second kappa shape index (κ2) is 6.40. The van der Waals surface area contributed by atoms with Gasteiger partial charge < -0.3 is 0 Å². The van der Waals surface area contributed by atoms with Gasteiger partial charge in [0.25, 0.3) is 0 Å². The van der Waals surface area contributed by atoms with Crippen molar-refractivity contribution in [3.05, 3.63) is 81.8 Å². The first-order valence-electron chi connectivity index (χ1n) is 7.01. The van der Waals surface area contributed by atoms with E-state index in [9.17, 15) is 5.26 Å². The summed E-state index contributed by atoms with van der Waals surface area (Å²) in [5, 5.41) is 13.1. The molecule has 0 fully saturated rings. The van der Waals surface area contributed by atoms with Gasteiger partial charge in [0.05, 0.1) is 12.0 Å². The summed E-state index contributed by atoms with van der Waals surface area (Å²) in [6.45, 7) is 0. The Kier molecular flexibility index (Phi) is 4.34. The van der Waals surface area contributed by atoms with Gasteiger partial charge in [-0.1, -0.05) is 71.7 Å². The van der Waals surface area contributed by atoms with E-state index in [1.807, 2.05) is 36.4 Å². The number of halogens is 2. The molecular weight excluding hydrogens is 313 g/mol. The van der Waals surface area contributed by atoms with Gasteiger partial charge in [-0.3, -0.25) is 0 Å². The molecule has 1 unspecified atom stereocenters. The van der Waals surface area contributed by atoms with Crippen LogP contribution >= 0.6 is 23.2 Å². The van der Waals surface area contributed by atoms with E-state index in [4.69, 9.17) is 23.2 Å². The minimum absolute atomic E-state index is 0.288. The summed E-state index contributed by atoms with van der Waals surface area (Å²) in [6, 6.07) is 21.9. The van der Waals surface area contributed by atoms with Crippen molar-refractivity contribution in [3.63, 3.8) is 0 Å². The van der Waals surface area contributed by atoms with Crippen molar-refractivity contribution in [2.75, 3.05) is 0 Å².